The van der Waals surface area contributed by atoms with Gasteiger partial charge in [0.2, 0.25) is 0 Å². The van der Waals surface area contributed by atoms with E-state index in [2.05, 4.69) is 156 Å². The zero-order valence-corrected chi connectivity index (χ0v) is 23.5. The van der Waals surface area contributed by atoms with Crippen molar-refractivity contribution in [1.82, 2.24) is 9.88 Å². The van der Waals surface area contributed by atoms with Gasteiger partial charge in [0.15, 0.2) is 0 Å². The summed E-state index contributed by atoms with van der Waals surface area (Å²) in [5.41, 5.74) is 13.8. The molecule has 200 valence electrons. The Morgan fingerprint density at radius 1 is 0.667 bits per heavy atom. The molecular weight excluding hydrogens is 508 g/mol. The lowest BCUT2D eigenvalue weighted by Crippen LogP contribution is -2.15. The van der Waals surface area contributed by atoms with E-state index in [0.29, 0.717) is 0 Å². The Morgan fingerprint density at radius 3 is 2.31 bits per heavy atom. The zero-order valence-electron chi connectivity index (χ0n) is 23.5. The molecule has 0 fully saturated rings. The second kappa shape index (κ2) is 9.94. The molecule has 0 bridgehead atoms. The molecule has 42 heavy (non-hydrogen) atoms. The van der Waals surface area contributed by atoms with Gasteiger partial charge in [-0.15, -0.1) is 0 Å². The van der Waals surface area contributed by atoms with Gasteiger partial charge in [0.05, 0.1) is 22.8 Å². The van der Waals surface area contributed by atoms with Gasteiger partial charge in [0.25, 0.3) is 0 Å². The summed E-state index contributed by atoms with van der Waals surface area (Å²) in [5.74, 6) is 0. The average molecular weight is 539 g/mol. The van der Waals surface area contributed by atoms with E-state index in [1.54, 1.807) is 0 Å². The Bertz CT molecular complexity index is 2130. The molecule has 1 N–H and O–H groups in total. The maximum Gasteiger partial charge on any atom is 0.0701 e. The highest BCUT2D eigenvalue weighted by molar-refractivity contribution is 6.17. The number of para-hydroxylation sites is 2. The first-order valence-corrected chi connectivity index (χ1v) is 14.6. The van der Waals surface area contributed by atoms with Crippen LogP contribution < -0.4 is 5.32 Å². The number of hydrogen-bond acceptors (Lipinski definition) is 1. The molecule has 2 nitrogen and oxygen atoms in total. The lowest BCUT2D eigenvalue weighted by atomic mass is 9.92. The summed E-state index contributed by atoms with van der Waals surface area (Å²) in [7, 11) is 0. The maximum atomic E-state index is 3.53. The number of hydrogen-bond donors (Lipinski definition) is 1. The second-order valence-electron chi connectivity index (χ2n) is 10.9. The Kier molecular flexibility index (Phi) is 5.79. The van der Waals surface area contributed by atoms with E-state index < -0.39 is 0 Å². The molecule has 6 aromatic rings. The van der Waals surface area contributed by atoms with Gasteiger partial charge in [0, 0.05) is 21.9 Å². The fourth-order valence-electron chi connectivity index (χ4n) is 6.66. The molecule has 1 aromatic heterocycles. The van der Waals surface area contributed by atoms with E-state index in [1.807, 2.05) is 13.1 Å². The molecule has 3 heterocycles. The van der Waals surface area contributed by atoms with Crippen LogP contribution in [-0.2, 0) is 0 Å². The van der Waals surface area contributed by atoms with Gasteiger partial charge in [-0.2, -0.15) is 0 Å². The van der Waals surface area contributed by atoms with Gasteiger partial charge >= 0.3 is 0 Å². The van der Waals surface area contributed by atoms with Crippen LogP contribution in [0.1, 0.15) is 24.1 Å². The van der Waals surface area contributed by atoms with E-state index in [-0.39, 0.29) is 6.04 Å². The number of allylic oxidation sites excluding steroid dienone is 5. The van der Waals surface area contributed by atoms with E-state index >= 15 is 0 Å². The van der Waals surface area contributed by atoms with Crippen LogP contribution >= 0.6 is 0 Å². The summed E-state index contributed by atoms with van der Waals surface area (Å²) in [4.78, 5) is 0. The lowest BCUT2D eigenvalue weighted by molar-refractivity contribution is 0.752. The summed E-state index contributed by atoms with van der Waals surface area (Å²) in [6.45, 7) is 2.04. The van der Waals surface area contributed by atoms with Gasteiger partial charge in [-0.05, 0) is 76.8 Å². The molecule has 2 aliphatic rings. The highest BCUT2D eigenvalue weighted by Gasteiger charge is 2.24. The van der Waals surface area contributed by atoms with Crippen molar-refractivity contribution in [3.63, 3.8) is 0 Å². The van der Waals surface area contributed by atoms with Gasteiger partial charge in [-0.1, -0.05) is 115 Å². The first kappa shape index (κ1) is 24.5. The topological polar surface area (TPSA) is 17.0 Å². The first-order chi connectivity index (χ1) is 20.8. The number of rotatable bonds is 3. The molecule has 2 aliphatic heterocycles. The van der Waals surface area contributed by atoms with Crippen molar-refractivity contribution in [3.8, 4) is 39.1 Å². The summed E-state index contributed by atoms with van der Waals surface area (Å²) in [6.07, 6.45) is 16.8. The molecule has 0 saturated carbocycles. The van der Waals surface area contributed by atoms with Crippen LogP contribution in [0.25, 0.3) is 66.9 Å². The molecule has 0 spiro atoms. The van der Waals surface area contributed by atoms with Crippen molar-refractivity contribution < 1.29 is 0 Å². The zero-order chi connectivity index (χ0) is 28.0. The fraction of sp³-hybridized carbons (Fsp3) is 0.0500. The van der Waals surface area contributed by atoms with Crippen LogP contribution in [0.5, 0.6) is 0 Å². The second-order valence-corrected chi connectivity index (χ2v) is 10.9. The van der Waals surface area contributed by atoms with Gasteiger partial charge < -0.3 is 9.88 Å². The highest BCUT2D eigenvalue weighted by atomic mass is 15.0. The van der Waals surface area contributed by atoms with Crippen molar-refractivity contribution in [2.75, 3.05) is 0 Å². The molecule has 1 atom stereocenters. The smallest absolute Gasteiger partial charge is 0.0701 e. The normalized spacial score (nSPS) is 16.8. The van der Waals surface area contributed by atoms with Crippen LogP contribution in [0.4, 0.5) is 0 Å². The molecular formula is C40H30N2. The summed E-state index contributed by atoms with van der Waals surface area (Å²) < 4.78 is 2.47. The quantitative estimate of drug-likeness (QED) is 0.221. The van der Waals surface area contributed by atoms with Crippen LogP contribution in [0, 0.1) is 0 Å². The molecule has 0 radical (unpaired) electrons. The number of nitrogens with one attached hydrogen (secondary N) is 1. The monoisotopic (exact) mass is 538 g/mol. The van der Waals surface area contributed by atoms with Crippen molar-refractivity contribution in [3.05, 3.63) is 157 Å². The molecule has 0 aliphatic carbocycles. The molecule has 1 unspecified atom stereocenters. The average Bonchev–Trinajstić information content (AvgIpc) is 3.30. The van der Waals surface area contributed by atoms with Crippen molar-refractivity contribution in [2.24, 2.45) is 0 Å². The Hall–Kier alpha value is -5.34. The molecule has 0 saturated heterocycles. The van der Waals surface area contributed by atoms with E-state index in [4.69, 9.17) is 0 Å². The largest absolute Gasteiger partial charge is 0.381 e. The predicted molar refractivity (Wildman–Crippen MR) is 179 cm³/mol. The van der Waals surface area contributed by atoms with E-state index in [1.165, 1.54) is 72.0 Å². The third-order valence-electron chi connectivity index (χ3n) is 8.56. The minimum absolute atomic E-state index is 0.110. The van der Waals surface area contributed by atoms with Crippen LogP contribution in [0.15, 0.2) is 146 Å². The van der Waals surface area contributed by atoms with Crippen molar-refractivity contribution in [2.45, 2.75) is 13.0 Å². The number of fused-ring (bicyclic) bond motifs is 9. The Morgan fingerprint density at radius 2 is 1.43 bits per heavy atom. The highest BCUT2D eigenvalue weighted by Crippen LogP contribution is 2.47. The van der Waals surface area contributed by atoms with E-state index in [0.717, 1.165) is 0 Å². The Balaban J connectivity index is 1.33. The minimum Gasteiger partial charge on any atom is -0.381 e. The lowest BCUT2D eigenvalue weighted by Gasteiger charge is -2.19. The molecule has 0 amide bonds. The van der Waals surface area contributed by atoms with Gasteiger partial charge in [0.1, 0.15) is 0 Å². The third-order valence-corrected chi connectivity index (χ3v) is 8.56. The van der Waals surface area contributed by atoms with Crippen LogP contribution in [-0.4, -0.2) is 4.57 Å². The molecule has 5 aromatic carbocycles. The summed E-state index contributed by atoms with van der Waals surface area (Å²) in [6, 6.07) is 38.3. The van der Waals surface area contributed by atoms with Crippen LogP contribution in [0.3, 0.4) is 0 Å². The van der Waals surface area contributed by atoms with E-state index in [9.17, 15) is 0 Å². The third kappa shape index (κ3) is 3.80. The predicted octanol–water partition coefficient (Wildman–Crippen LogP) is 10.4. The fourth-order valence-corrected chi connectivity index (χ4v) is 6.66. The number of aromatic nitrogens is 1. The first-order valence-electron chi connectivity index (χ1n) is 14.6. The van der Waals surface area contributed by atoms with Crippen molar-refractivity contribution in [1.29, 1.82) is 0 Å². The number of nitrogens with zero attached hydrogens (tertiary/aromatic N) is 1. The molecule has 2 heteroatoms. The summed E-state index contributed by atoms with van der Waals surface area (Å²) in [5, 5.41) is 6.08. The Labute approximate surface area is 246 Å². The standard InChI is InChI=1S/C40H30N2/c1-2-3-4-18-37-30-22-20-27(25-29(30)12-9-10-24-41-37)28-21-23-39-36(26-28)35-17-11-16-34-32-14-6-5-13-31(32)33-15-7-8-19-38(33)42(39)40(34)35/h2-26,37,41H,1H3/b3-2-,12-9-,18-4-,24-10-. The maximum absolute atomic E-state index is 3.53. The van der Waals surface area contributed by atoms with Crippen LogP contribution in [0.2, 0.25) is 0 Å². The molecule has 8 rings (SSSR count). The minimum atomic E-state index is 0.110. The van der Waals surface area contributed by atoms with Crippen molar-refractivity contribution >= 4 is 27.9 Å². The van der Waals surface area contributed by atoms with Gasteiger partial charge in [-0.3, -0.25) is 0 Å². The summed E-state index contributed by atoms with van der Waals surface area (Å²) >= 11 is 0. The number of benzene rings is 5. The van der Waals surface area contributed by atoms with Gasteiger partial charge in [-0.25, -0.2) is 0 Å². The SMILES string of the molecule is C/C=C\C=C/C1N/C=C\C=C/c2cc(-c3ccc4c(c3)c3cccc5c3n4-c3ccccc3-c3ccccc3-5)ccc21.